The molecule has 4 heterocycles. The molecule has 10 heteroatoms. The molecule has 3 fully saturated rings. The summed E-state index contributed by atoms with van der Waals surface area (Å²) in [6, 6.07) is 6.05. The summed E-state index contributed by atoms with van der Waals surface area (Å²) in [6.07, 6.45) is 5.07. The minimum Gasteiger partial charge on any atom is -0.443 e. The Kier molecular flexibility index (Phi) is 4.59. The standard InChI is InChI=1S/C23H27N5O4S/c1-23(7-8-23)31-22(29)27-9-5-15(6-10-27)20-25-21(32-26-20)16-3-4-17-12-24-28(19(17)11-16)18-13-33(2,30)14-18/h3-4,11-12,15,18H,2,5-10,13-14H2,1H3. The second-order valence-corrected chi connectivity index (χ2v) is 12.5. The number of likely N-dealkylation sites (tertiary alicyclic amines) is 1. The van der Waals surface area contributed by atoms with Crippen molar-refractivity contribution < 1.29 is 18.3 Å². The molecule has 6 rings (SSSR count). The summed E-state index contributed by atoms with van der Waals surface area (Å²) in [6.45, 7) is 3.24. The van der Waals surface area contributed by atoms with Crippen molar-refractivity contribution in [2.24, 2.45) is 0 Å². The number of carbonyl (C=O) groups excluding carboxylic acids is 1. The number of amides is 1. The van der Waals surface area contributed by atoms with Gasteiger partial charge in [0.2, 0.25) is 0 Å². The number of ether oxygens (including phenoxy) is 1. The van der Waals surface area contributed by atoms with Crippen molar-refractivity contribution >= 4 is 32.4 Å². The summed E-state index contributed by atoms with van der Waals surface area (Å²) < 4.78 is 25.1. The van der Waals surface area contributed by atoms with Crippen LogP contribution in [-0.4, -0.2) is 71.2 Å². The van der Waals surface area contributed by atoms with Gasteiger partial charge in [0, 0.05) is 41.5 Å². The lowest BCUT2D eigenvalue weighted by Crippen LogP contribution is -2.40. The zero-order valence-corrected chi connectivity index (χ0v) is 19.4. The minimum absolute atomic E-state index is 0.111. The molecule has 0 unspecified atom stereocenters. The number of aromatic nitrogens is 4. The molecular weight excluding hydrogens is 442 g/mol. The normalized spacial score (nSPS) is 26.8. The van der Waals surface area contributed by atoms with Crippen molar-refractivity contribution in [2.75, 3.05) is 24.6 Å². The van der Waals surface area contributed by atoms with Crippen LogP contribution in [0.1, 0.15) is 50.4 Å². The van der Waals surface area contributed by atoms with E-state index in [1.807, 2.05) is 36.0 Å². The highest BCUT2D eigenvalue weighted by atomic mass is 32.2. The molecular formula is C23H27N5O4S. The van der Waals surface area contributed by atoms with Crippen LogP contribution in [-0.2, 0) is 14.3 Å². The number of nitrogens with zero attached hydrogens (tertiary/aromatic N) is 5. The average molecular weight is 470 g/mol. The molecule has 0 spiro atoms. The van der Waals surface area contributed by atoms with Crippen molar-refractivity contribution in [3.63, 3.8) is 0 Å². The Labute approximate surface area is 192 Å². The second-order valence-electron chi connectivity index (χ2n) is 9.85. The molecule has 0 radical (unpaired) electrons. The maximum absolute atomic E-state index is 12.3. The summed E-state index contributed by atoms with van der Waals surface area (Å²) in [7, 11) is -1.95. The van der Waals surface area contributed by atoms with Gasteiger partial charge < -0.3 is 14.2 Å². The van der Waals surface area contributed by atoms with Gasteiger partial charge in [-0.1, -0.05) is 11.2 Å². The lowest BCUT2D eigenvalue weighted by Gasteiger charge is -2.30. The molecule has 0 N–H and O–H groups in total. The Hall–Kier alpha value is -2.88. The topological polar surface area (TPSA) is 103 Å². The van der Waals surface area contributed by atoms with E-state index in [4.69, 9.17) is 9.26 Å². The first-order valence-corrected chi connectivity index (χ1v) is 13.5. The van der Waals surface area contributed by atoms with Crippen LogP contribution in [0.3, 0.4) is 0 Å². The van der Waals surface area contributed by atoms with Gasteiger partial charge >= 0.3 is 6.09 Å². The minimum atomic E-state index is -1.95. The summed E-state index contributed by atoms with van der Waals surface area (Å²) in [4.78, 5) is 18.8. The molecule has 2 aromatic heterocycles. The SMILES string of the molecule is C=S1(=O)CC(n2ncc3ccc(-c4nc(C5CCN(C(=O)OC6(C)CC6)CC5)no4)cc32)C1. The summed E-state index contributed by atoms with van der Waals surface area (Å²) in [5.41, 5.74) is 1.54. The Morgan fingerprint density at radius 1 is 1.27 bits per heavy atom. The molecule has 1 aliphatic carbocycles. The molecule has 9 nitrogen and oxygen atoms in total. The number of piperidine rings is 1. The Bertz CT molecular complexity index is 1320. The molecule has 2 aliphatic heterocycles. The smallest absolute Gasteiger partial charge is 0.410 e. The molecule has 1 amide bonds. The van der Waals surface area contributed by atoms with Crippen molar-refractivity contribution in [1.82, 2.24) is 24.8 Å². The lowest BCUT2D eigenvalue weighted by molar-refractivity contribution is 0.0518. The Morgan fingerprint density at radius 2 is 2.03 bits per heavy atom. The van der Waals surface area contributed by atoms with E-state index >= 15 is 0 Å². The van der Waals surface area contributed by atoms with Crippen molar-refractivity contribution in [3.8, 4) is 11.5 Å². The summed E-state index contributed by atoms with van der Waals surface area (Å²) >= 11 is 0. The van der Waals surface area contributed by atoms with Crippen LogP contribution >= 0.6 is 0 Å². The van der Waals surface area contributed by atoms with Crippen molar-refractivity contribution in [1.29, 1.82) is 0 Å². The number of benzene rings is 1. The van der Waals surface area contributed by atoms with Crippen LogP contribution in [0.4, 0.5) is 4.79 Å². The lowest BCUT2D eigenvalue weighted by atomic mass is 9.96. The number of rotatable bonds is 4. The number of fused-ring (bicyclic) bond motifs is 1. The Balaban J connectivity index is 1.15. The third kappa shape index (κ3) is 3.90. The number of hydrogen-bond acceptors (Lipinski definition) is 7. The zero-order valence-electron chi connectivity index (χ0n) is 18.6. The first-order chi connectivity index (χ1) is 15.8. The van der Waals surface area contributed by atoms with Crippen LogP contribution in [0, 0.1) is 0 Å². The van der Waals surface area contributed by atoms with Crippen LogP contribution < -0.4 is 0 Å². The van der Waals surface area contributed by atoms with Gasteiger partial charge in [0.05, 0.1) is 17.8 Å². The fourth-order valence-corrected chi connectivity index (χ4v) is 6.23. The molecule has 1 saturated carbocycles. The molecule has 3 aliphatic rings. The molecule has 33 heavy (non-hydrogen) atoms. The van der Waals surface area contributed by atoms with Gasteiger partial charge in [-0.15, -0.1) is 0 Å². The summed E-state index contributed by atoms with van der Waals surface area (Å²) in [5.74, 6) is 6.20. The van der Waals surface area contributed by atoms with E-state index in [9.17, 15) is 9.00 Å². The maximum atomic E-state index is 12.3. The van der Waals surface area contributed by atoms with E-state index in [1.165, 1.54) is 0 Å². The van der Waals surface area contributed by atoms with Crippen LogP contribution in [0.2, 0.25) is 0 Å². The molecule has 3 aromatic rings. The van der Waals surface area contributed by atoms with Gasteiger partial charge in [-0.25, -0.2) is 4.79 Å². The molecule has 0 bridgehead atoms. The van der Waals surface area contributed by atoms with E-state index in [-0.39, 0.29) is 23.7 Å². The van der Waals surface area contributed by atoms with E-state index in [0.717, 1.165) is 42.1 Å². The van der Waals surface area contributed by atoms with Gasteiger partial charge in [-0.05, 0) is 60.1 Å². The monoisotopic (exact) mass is 469 g/mol. The fraction of sp³-hybridized carbons (Fsp3) is 0.522. The highest BCUT2D eigenvalue weighted by molar-refractivity contribution is 8.01. The van der Waals surface area contributed by atoms with Crippen molar-refractivity contribution in [2.45, 2.75) is 50.2 Å². The van der Waals surface area contributed by atoms with Gasteiger partial charge in [0.25, 0.3) is 5.89 Å². The van der Waals surface area contributed by atoms with Gasteiger partial charge in [0.15, 0.2) is 5.82 Å². The van der Waals surface area contributed by atoms with Crippen LogP contribution in [0.25, 0.3) is 22.4 Å². The second kappa shape index (κ2) is 7.31. The zero-order chi connectivity index (χ0) is 22.8. The first kappa shape index (κ1) is 20.7. The average Bonchev–Trinajstić information content (AvgIpc) is 3.18. The Morgan fingerprint density at radius 3 is 2.73 bits per heavy atom. The summed E-state index contributed by atoms with van der Waals surface area (Å²) in [5, 5.41) is 9.75. The van der Waals surface area contributed by atoms with Gasteiger partial charge in [0.1, 0.15) is 5.60 Å². The van der Waals surface area contributed by atoms with Gasteiger partial charge in [-0.2, -0.15) is 10.1 Å². The van der Waals surface area contributed by atoms with Crippen LogP contribution in [0.5, 0.6) is 0 Å². The van der Waals surface area contributed by atoms with Crippen LogP contribution in [0.15, 0.2) is 28.9 Å². The molecule has 0 atom stereocenters. The third-order valence-electron chi connectivity index (χ3n) is 7.03. The van der Waals surface area contributed by atoms with E-state index in [0.29, 0.717) is 36.3 Å². The largest absolute Gasteiger partial charge is 0.443 e. The predicted molar refractivity (Wildman–Crippen MR) is 125 cm³/mol. The van der Waals surface area contributed by atoms with E-state index < -0.39 is 9.52 Å². The fourth-order valence-electron chi connectivity index (χ4n) is 4.65. The van der Waals surface area contributed by atoms with Crippen molar-refractivity contribution in [3.05, 3.63) is 30.2 Å². The predicted octanol–water partition coefficient (Wildman–Crippen LogP) is 3.23. The quantitative estimate of drug-likeness (QED) is 0.541. The van der Waals surface area contributed by atoms with E-state index in [2.05, 4.69) is 21.1 Å². The van der Waals surface area contributed by atoms with Gasteiger partial charge in [-0.3, -0.25) is 8.89 Å². The highest BCUT2D eigenvalue weighted by Gasteiger charge is 2.43. The third-order valence-corrected chi connectivity index (χ3v) is 9.02. The molecule has 2 saturated heterocycles. The van der Waals surface area contributed by atoms with E-state index in [1.54, 1.807) is 4.90 Å². The first-order valence-electron chi connectivity index (χ1n) is 11.4. The number of carbonyl (C=O) groups is 1. The maximum Gasteiger partial charge on any atom is 0.410 e. The highest BCUT2D eigenvalue weighted by Crippen LogP contribution is 2.39. The number of hydrogen-bond donors (Lipinski definition) is 0. The molecule has 174 valence electrons. The molecule has 1 aromatic carbocycles.